The zero-order valence-electron chi connectivity index (χ0n) is 17.1. The highest BCUT2D eigenvalue weighted by Gasteiger charge is 2.18. The van der Waals surface area contributed by atoms with Gasteiger partial charge in [-0.3, -0.25) is 9.48 Å². The molecular weight excluding hydrogens is 412 g/mol. The summed E-state index contributed by atoms with van der Waals surface area (Å²) in [6.45, 7) is 5.79. The standard InChI is InChI=1S/C22H22ClF2N3O2/c1-12-6-5-7-17(26-22(29)21(24)25)16(12)11-30-18-9-8-15(10-13(18)2)19-14(3)20(23)28(4)27-19/h5-10,21H,11H2,1-4H3,(H,26,29). The van der Waals surface area contributed by atoms with Gasteiger partial charge in [0.25, 0.3) is 5.91 Å². The molecule has 3 rings (SSSR count). The molecular formula is C22H22ClF2N3O2. The maximum absolute atomic E-state index is 12.6. The average Bonchev–Trinajstić information content (AvgIpc) is 2.95. The number of ether oxygens (including phenoxy) is 1. The largest absolute Gasteiger partial charge is 0.489 e. The number of alkyl halides is 2. The number of carbonyl (C=O) groups is 1. The van der Waals surface area contributed by atoms with Crippen molar-refractivity contribution in [1.29, 1.82) is 0 Å². The molecule has 158 valence electrons. The van der Waals surface area contributed by atoms with Gasteiger partial charge in [0.2, 0.25) is 0 Å². The summed E-state index contributed by atoms with van der Waals surface area (Å²) in [5.74, 6) is -0.695. The quantitative estimate of drug-likeness (QED) is 0.562. The summed E-state index contributed by atoms with van der Waals surface area (Å²) < 4.78 is 32.8. The molecule has 0 bridgehead atoms. The maximum atomic E-state index is 12.6. The number of aryl methyl sites for hydroxylation is 3. The number of nitrogens with zero attached hydrogens (tertiary/aromatic N) is 2. The highest BCUT2D eigenvalue weighted by molar-refractivity contribution is 6.30. The number of benzene rings is 2. The van der Waals surface area contributed by atoms with Gasteiger partial charge in [-0.2, -0.15) is 13.9 Å². The summed E-state index contributed by atoms with van der Waals surface area (Å²) in [6.07, 6.45) is -3.09. The minimum absolute atomic E-state index is 0.125. The number of rotatable bonds is 6. The molecule has 0 spiro atoms. The third-order valence-electron chi connectivity index (χ3n) is 4.89. The van der Waals surface area contributed by atoms with E-state index in [4.69, 9.17) is 16.3 Å². The Labute approximate surface area is 178 Å². The van der Waals surface area contributed by atoms with Crippen molar-refractivity contribution in [2.24, 2.45) is 7.05 Å². The first kappa shape index (κ1) is 21.8. The van der Waals surface area contributed by atoms with Crippen LogP contribution in [0.3, 0.4) is 0 Å². The minimum atomic E-state index is -3.09. The molecule has 1 heterocycles. The van der Waals surface area contributed by atoms with E-state index in [1.54, 1.807) is 23.9 Å². The minimum Gasteiger partial charge on any atom is -0.489 e. The van der Waals surface area contributed by atoms with E-state index in [1.807, 2.05) is 45.0 Å². The summed E-state index contributed by atoms with van der Waals surface area (Å²) in [5, 5.41) is 7.29. The molecule has 1 amide bonds. The number of aromatic nitrogens is 2. The number of amides is 1. The first-order valence-corrected chi connectivity index (χ1v) is 9.67. The van der Waals surface area contributed by atoms with Gasteiger partial charge in [0, 0.05) is 29.4 Å². The van der Waals surface area contributed by atoms with Crippen molar-refractivity contribution in [3.63, 3.8) is 0 Å². The van der Waals surface area contributed by atoms with Crippen LogP contribution in [0.2, 0.25) is 5.15 Å². The van der Waals surface area contributed by atoms with Crippen LogP contribution in [0, 0.1) is 20.8 Å². The highest BCUT2D eigenvalue weighted by Crippen LogP contribution is 2.31. The van der Waals surface area contributed by atoms with Gasteiger partial charge in [-0.25, -0.2) is 0 Å². The number of carbonyl (C=O) groups excluding carboxylic acids is 1. The Hall–Kier alpha value is -2.93. The smallest absolute Gasteiger partial charge is 0.315 e. The number of halogens is 3. The first-order chi connectivity index (χ1) is 14.2. The second-order valence-electron chi connectivity index (χ2n) is 7.05. The van der Waals surface area contributed by atoms with Gasteiger partial charge >= 0.3 is 6.43 Å². The molecule has 0 fully saturated rings. The summed E-state index contributed by atoms with van der Waals surface area (Å²) in [6, 6.07) is 10.8. The van der Waals surface area contributed by atoms with E-state index >= 15 is 0 Å². The van der Waals surface area contributed by atoms with E-state index in [0.717, 1.165) is 27.9 Å². The third-order valence-corrected chi connectivity index (χ3v) is 5.41. The summed E-state index contributed by atoms with van der Waals surface area (Å²) >= 11 is 6.22. The lowest BCUT2D eigenvalue weighted by molar-refractivity contribution is -0.126. The molecule has 5 nitrogen and oxygen atoms in total. The Morgan fingerprint density at radius 2 is 1.93 bits per heavy atom. The van der Waals surface area contributed by atoms with Crippen molar-refractivity contribution in [2.45, 2.75) is 33.8 Å². The van der Waals surface area contributed by atoms with E-state index in [1.165, 1.54) is 0 Å². The molecule has 30 heavy (non-hydrogen) atoms. The van der Waals surface area contributed by atoms with Crippen LogP contribution in [0.4, 0.5) is 14.5 Å². The summed E-state index contributed by atoms with van der Waals surface area (Å²) in [7, 11) is 1.79. The van der Waals surface area contributed by atoms with Gasteiger partial charge in [0.15, 0.2) is 0 Å². The first-order valence-electron chi connectivity index (χ1n) is 9.29. The molecule has 0 radical (unpaired) electrons. The highest BCUT2D eigenvalue weighted by atomic mass is 35.5. The van der Waals surface area contributed by atoms with E-state index < -0.39 is 12.3 Å². The van der Waals surface area contributed by atoms with Crippen molar-refractivity contribution in [3.05, 3.63) is 63.8 Å². The van der Waals surface area contributed by atoms with Gasteiger partial charge < -0.3 is 10.1 Å². The molecule has 2 aromatic carbocycles. The number of anilines is 1. The molecule has 0 aliphatic heterocycles. The van der Waals surface area contributed by atoms with Crippen LogP contribution in [-0.4, -0.2) is 22.1 Å². The van der Waals surface area contributed by atoms with E-state index in [0.29, 0.717) is 22.2 Å². The van der Waals surface area contributed by atoms with Crippen LogP contribution >= 0.6 is 11.6 Å². The lowest BCUT2D eigenvalue weighted by atomic mass is 10.1. The Morgan fingerprint density at radius 1 is 1.20 bits per heavy atom. The second-order valence-corrected chi connectivity index (χ2v) is 7.41. The molecule has 0 saturated carbocycles. The van der Waals surface area contributed by atoms with Crippen molar-refractivity contribution in [3.8, 4) is 17.0 Å². The van der Waals surface area contributed by atoms with Crippen molar-refractivity contribution in [1.82, 2.24) is 9.78 Å². The molecule has 0 saturated heterocycles. The normalized spacial score (nSPS) is 11.1. The van der Waals surface area contributed by atoms with Crippen LogP contribution in [0.15, 0.2) is 36.4 Å². The Kier molecular flexibility index (Phi) is 6.41. The van der Waals surface area contributed by atoms with Crippen LogP contribution in [0.5, 0.6) is 5.75 Å². The maximum Gasteiger partial charge on any atom is 0.315 e. The van der Waals surface area contributed by atoms with Crippen LogP contribution < -0.4 is 10.1 Å². The average molecular weight is 434 g/mol. The molecule has 3 aromatic rings. The van der Waals surface area contributed by atoms with Crippen molar-refractivity contribution >= 4 is 23.2 Å². The van der Waals surface area contributed by atoms with E-state index in [2.05, 4.69) is 10.4 Å². The molecule has 1 aromatic heterocycles. The Morgan fingerprint density at radius 3 is 2.53 bits per heavy atom. The fourth-order valence-electron chi connectivity index (χ4n) is 3.19. The Balaban J connectivity index is 1.81. The topological polar surface area (TPSA) is 56.1 Å². The van der Waals surface area contributed by atoms with Gasteiger partial charge in [0.05, 0.1) is 5.69 Å². The zero-order valence-corrected chi connectivity index (χ0v) is 17.8. The predicted octanol–water partition coefficient (Wildman–Crippen LogP) is 5.45. The summed E-state index contributed by atoms with van der Waals surface area (Å²) in [4.78, 5) is 11.4. The monoisotopic (exact) mass is 433 g/mol. The lowest BCUT2D eigenvalue weighted by Crippen LogP contribution is -2.21. The third kappa shape index (κ3) is 4.46. The van der Waals surface area contributed by atoms with Gasteiger partial charge in [-0.1, -0.05) is 23.7 Å². The van der Waals surface area contributed by atoms with Gasteiger partial charge in [-0.05, 0) is 56.2 Å². The fourth-order valence-corrected chi connectivity index (χ4v) is 3.32. The lowest BCUT2D eigenvalue weighted by Gasteiger charge is -2.16. The molecule has 1 N–H and O–H groups in total. The fraction of sp³-hybridized carbons (Fsp3) is 0.273. The number of nitrogens with one attached hydrogen (secondary N) is 1. The summed E-state index contributed by atoms with van der Waals surface area (Å²) in [5.41, 5.74) is 5.28. The van der Waals surface area contributed by atoms with E-state index in [9.17, 15) is 13.6 Å². The van der Waals surface area contributed by atoms with Gasteiger partial charge in [-0.15, -0.1) is 0 Å². The second kappa shape index (κ2) is 8.83. The zero-order chi connectivity index (χ0) is 22.0. The van der Waals surface area contributed by atoms with Crippen LogP contribution in [-0.2, 0) is 18.4 Å². The molecule has 0 unspecified atom stereocenters. The van der Waals surface area contributed by atoms with Crippen molar-refractivity contribution in [2.75, 3.05) is 5.32 Å². The SMILES string of the molecule is Cc1cc(-c2nn(C)c(Cl)c2C)ccc1OCc1c(C)cccc1NC(=O)C(F)F. The van der Waals surface area contributed by atoms with Crippen LogP contribution in [0.25, 0.3) is 11.3 Å². The molecule has 8 heteroatoms. The van der Waals surface area contributed by atoms with Crippen molar-refractivity contribution < 1.29 is 18.3 Å². The van der Waals surface area contributed by atoms with E-state index in [-0.39, 0.29) is 6.61 Å². The number of hydrogen-bond acceptors (Lipinski definition) is 3. The predicted molar refractivity (Wildman–Crippen MR) is 113 cm³/mol. The molecule has 0 aliphatic rings. The molecule has 0 atom stereocenters. The number of hydrogen-bond donors (Lipinski definition) is 1. The van der Waals surface area contributed by atoms with Crippen LogP contribution in [0.1, 0.15) is 22.3 Å². The Bertz CT molecular complexity index is 1100. The van der Waals surface area contributed by atoms with Gasteiger partial charge in [0.1, 0.15) is 17.5 Å². The molecule has 0 aliphatic carbocycles.